The smallest absolute Gasteiger partial charge is 0.253 e. The minimum atomic E-state index is -0.501. The molecule has 3 heterocycles. The number of nitrogens with one attached hydrogen (secondary N) is 2. The standard InChI is InChI=1S/C24H27FN6O2/c1-6-7-16(8-9-26)20-10-17(19-12-28-31(13(2)3)22(19)30-20)23(32)27-11-18-14(4)21(25)15(5)29-24(18)33/h6-10,12-13H,1,11,26H2,2-5H3,(H,27,32)(H,29,33)/b9-8-,16-7+. The number of carbonyl (C=O) groups excluding carboxylic acids is 1. The molecule has 0 spiro atoms. The molecule has 3 aromatic rings. The first-order valence-corrected chi connectivity index (χ1v) is 10.4. The van der Waals surface area contributed by atoms with Gasteiger partial charge >= 0.3 is 0 Å². The topological polar surface area (TPSA) is 119 Å². The lowest BCUT2D eigenvalue weighted by Crippen LogP contribution is -2.29. The van der Waals surface area contributed by atoms with Crippen LogP contribution in [0.25, 0.3) is 16.6 Å². The fourth-order valence-corrected chi connectivity index (χ4v) is 3.55. The molecule has 3 rings (SSSR count). The van der Waals surface area contributed by atoms with Crippen molar-refractivity contribution < 1.29 is 9.18 Å². The summed E-state index contributed by atoms with van der Waals surface area (Å²) in [5, 5.41) is 7.67. The van der Waals surface area contributed by atoms with Gasteiger partial charge in [-0.3, -0.25) is 9.59 Å². The second-order valence-corrected chi connectivity index (χ2v) is 7.87. The monoisotopic (exact) mass is 450 g/mol. The molecule has 0 fully saturated rings. The van der Waals surface area contributed by atoms with Crippen molar-refractivity contribution in [2.75, 3.05) is 0 Å². The predicted octanol–water partition coefficient (Wildman–Crippen LogP) is 3.43. The number of aryl methyl sites for hydroxylation is 1. The number of fused-ring (bicyclic) bond motifs is 1. The zero-order valence-corrected chi connectivity index (χ0v) is 19.1. The van der Waals surface area contributed by atoms with Gasteiger partial charge in [0.1, 0.15) is 5.82 Å². The number of rotatable bonds is 7. The fraction of sp³-hybridized carbons (Fsp3) is 0.250. The molecule has 0 bridgehead atoms. The highest BCUT2D eigenvalue weighted by molar-refractivity contribution is 6.06. The fourth-order valence-electron chi connectivity index (χ4n) is 3.55. The molecule has 172 valence electrons. The number of halogens is 1. The van der Waals surface area contributed by atoms with Gasteiger partial charge in [0.2, 0.25) is 0 Å². The summed E-state index contributed by atoms with van der Waals surface area (Å²) in [5.41, 5.74) is 7.68. The number of aromatic amines is 1. The number of aromatic nitrogens is 4. The summed E-state index contributed by atoms with van der Waals surface area (Å²) in [6.45, 7) is 10.5. The van der Waals surface area contributed by atoms with Crippen molar-refractivity contribution in [2.24, 2.45) is 5.73 Å². The lowest BCUT2D eigenvalue weighted by Gasteiger charge is -2.12. The van der Waals surface area contributed by atoms with E-state index in [2.05, 4.69) is 22.0 Å². The molecule has 33 heavy (non-hydrogen) atoms. The highest BCUT2D eigenvalue weighted by atomic mass is 19.1. The third-order valence-corrected chi connectivity index (χ3v) is 5.28. The van der Waals surface area contributed by atoms with Crippen LogP contribution in [0.4, 0.5) is 4.39 Å². The van der Waals surface area contributed by atoms with Crippen LogP contribution in [0, 0.1) is 19.7 Å². The van der Waals surface area contributed by atoms with Gasteiger partial charge in [-0.25, -0.2) is 14.1 Å². The number of amides is 1. The molecule has 0 radical (unpaired) electrons. The summed E-state index contributed by atoms with van der Waals surface area (Å²) < 4.78 is 16.0. The second-order valence-electron chi connectivity index (χ2n) is 7.87. The Kier molecular flexibility index (Phi) is 6.91. The SMILES string of the molecule is C=C/C=C(\C=C/N)c1cc(C(=O)NCc2c(C)c(F)c(C)[nH]c2=O)c2cnn(C(C)C)c2n1. The van der Waals surface area contributed by atoms with Gasteiger partial charge in [-0.1, -0.05) is 18.7 Å². The quantitative estimate of drug-likeness (QED) is 0.477. The van der Waals surface area contributed by atoms with E-state index < -0.39 is 17.3 Å². The van der Waals surface area contributed by atoms with Crippen molar-refractivity contribution in [2.45, 2.75) is 40.3 Å². The van der Waals surface area contributed by atoms with Gasteiger partial charge in [0.15, 0.2) is 5.65 Å². The van der Waals surface area contributed by atoms with Crippen molar-refractivity contribution >= 4 is 22.5 Å². The molecule has 8 nitrogen and oxygen atoms in total. The molecule has 1 amide bonds. The number of allylic oxidation sites excluding steroid dienone is 4. The van der Waals surface area contributed by atoms with Crippen molar-refractivity contribution in [3.63, 3.8) is 0 Å². The number of pyridine rings is 2. The van der Waals surface area contributed by atoms with E-state index in [0.29, 0.717) is 27.9 Å². The van der Waals surface area contributed by atoms with E-state index >= 15 is 0 Å². The third kappa shape index (κ3) is 4.62. The highest BCUT2D eigenvalue weighted by Crippen LogP contribution is 2.25. The molecule has 0 aliphatic heterocycles. The van der Waals surface area contributed by atoms with E-state index in [1.165, 1.54) is 20.0 Å². The summed E-state index contributed by atoms with van der Waals surface area (Å²) in [6, 6.07) is 1.64. The highest BCUT2D eigenvalue weighted by Gasteiger charge is 2.20. The largest absolute Gasteiger partial charge is 0.405 e. The molecule has 0 saturated heterocycles. The molecule has 3 aromatic heterocycles. The predicted molar refractivity (Wildman–Crippen MR) is 127 cm³/mol. The van der Waals surface area contributed by atoms with Gasteiger partial charge in [-0.15, -0.1) is 0 Å². The van der Waals surface area contributed by atoms with Crippen LogP contribution in [0.5, 0.6) is 0 Å². The van der Waals surface area contributed by atoms with E-state index in [1.807, 2.05) is 13.8 Å². The van der Waals surface area contributed by atoms with Gasteiger partial charge in [0.25, 0.3) is 11.5 Å². The Morgan fingerprint density at radius 1 is 1.39 bits per heavy atom. The average molecular weight is 451 g/mol. The summed E-state index contributed by atoms with van der Waals surface area (Å²) in [4.78, 5) is 32.7. The van der Waals surface area contributed by atoms with E-state index in [-0.39, 0.29) is 29.4 Å². The number of nitrogens with zero attached hydrogens (tertiary/aromatic N) is 3. The maximum absolute atomic E-state index is 14.3. The van der Waals surface area contributed by atoms with Gasteiger partial charge in [0.05, 0.1) is 28.5 Å². The summed E-state index contributed by atoms with van der Waals surface area (Å²) in [5.74, 6) is -0.945. The Morgan fingerprint density at radius 2 is 2.12 bits per heavy atom. The number of H-pyrrole nitrogens is 1. The number of nitrogens with two attached hydrogens (primary N) is 1. The van der Waals surface area contributed by atoms with Crippen LogP contribution in [-0.4, -0.2) is 25.7 Å². The third-order valence-electron chi connectivity index (χ3n) is 5.28. The number of carbonyl (C=O) groups is 1. The van der Waals surface area contributed by atoms with Crippen LogP contribution in [0.15, 0.2) is 48.1 Å². The Labute approximate surface area is 190 Å². The van der Waals surface area contributed by atoms with Gasteiger partial charge in [-0.05, 0) is 51.6 Å². The first-order chi connectivity index (χ1) is 15.7. The molecule has 4 N–H and O–H groups in total. The van der Waals surface area contributed by atoms with Crippen LogP contribution >= 0.6 is 0 Å². The van der Waals surface area contributed by atoms with Crippen LogP contribution < -0.4 is 16.6 Å². The van der Waals surface area contributed by atoms with E-state index in [0.717, 1.165) is 0 Å². The lowest BCUT2D eigenvalue weighted by atomic mass is 10.1. The summed E-state index contributed by atoms with van der Waals surface area (Å²) >= 11 is 0. The molecule has 0 aliphatic rings. The zero-order valence-electron chi connectivity index (χ0n) is 19.1. The number of hydrogen-bond donors (Lipinski definition) is 3. The molecule has 0 aromatic carbocycles. The van der Waals surface area contributed by atoms with Crippen molar-refractivity contribution in [1.29, 1.82) is 0 Å². The Morgan fingerprint density at radius 3 is 2.76 bits per heavy atom. The van der Waals surface area contributed by atoms with Crippen LogP contribution in [-0.2, 0) is 6.54 Å². The van der Waals surface area contributed by atoms with Crippen LogP contribution in [0.1, 0.15) is 52.8 Å². The molecule has 0 atom stereocenters. The average Bonchev–Trinajstić information content (AvgIpc) is 3.21. The van der Waals surface area contributed by atoms with Crippen LogP contribution in [0.2, 0.25) is 0 Å². The Hall–Kier alpha value is -4.01. The first-order valence-electron chi connectivity index (χ1n) is 10.4. The Bertz CT molecular complexity index is 1350. The molecule has 0 unspecified atom stereocenters. The lowest BCUT2D eigenvalue weighted by molar-refractivity contribution is 0.0952. The van der Waals surface area contributed by atoms with Crippen molar-refractivity contribution in [3.05, 3.63) is 87.5 Å². The van der Waals surface area contributed by atoms with E-state index in [1.54, 1.807) is 35.2 Å². The minimum Gasteiger partial charge on any atom is -0.405 e. The summed E-state index contributed by atoms with van der Waals surface area (Å²) in [6.07, 6.45) is 7.95. The molecular weight excluding hydrogens is 423 g/mol. The Balaban J connectivity index is 2.09. The molecule has 0 aliphatic carbocycles. The van der Waals surface area contributed by atoms with Gasteiger partial charge in [0, 0.05) is 23.7 Å². The summed E-state index contributed by atoms with van der Waals surface area (Å²) in [7, 11) is 0. The maximum atomic E-state index is 14.3. The van der Waals surface area contributed by atoms with Gasteiger partial charge in [-0.2, -0.15) is 5.10 Å². The minimum absolute atomic E-state index is 0.00906. The molecular formula is C24H27FN6O2. The normalized spacial score (nSPS) is 12.1. The van der Waals surface area contributed by atoms with Gasteiger partial charge < -0.3 is 16.0 Å². The zero-order chi connectivity index (χ0) is 24.3. The van der Waals surface area contributed by atoms with E-state index in [4.69, 9.17) is 10.7 Å². The first kappa shape index (κ1) is 23.6. The molecule has 0 saturated carbocycles. The van der Waals surface area contributed by atoms with E-state index in [9.17, 15) is 14.0 Å². The van der Waals surface area contributed by atoms with Crippen molar-refractivity contribution in [1.82, 2.24) is 25.1 Å². The maximum Gasteiger partial charge on any atom is 0.253 e. The van der Waals surface area contributed by atoms with Crippen LogP contribution in [0.3, 0.4) is 0 Å². The number of hydrogen-bond acceptors (Lipinski definition) is 5. The van der Waals surface area contributed by atoms with Crippen molar-refractivity contribution in [3.8, 4) is 0 Å². The second kappa shape index (κ2) is 9.64. The molecule has 9 heteroatoms.